The van der Waals surface area contributed by atoms with Gasteiger partial charge in [0.15, 0.2) is 17.5 Å². The minimum Gasteiger partial charge on any atom is -0.408 e. The maximum absolute atomic E-state index is 13.8. The molecule has 0 aliphatic carbocycles. The molecule has 3 rings (SSSR count). The molecule has 1 aliphatic heterocycles. The van der Waals surface area contributed by atoms with Crippen molar-refractivity contribution in [1.82, 2.24) is 15.1 Å². The molecule has 0 atom stereocenters. The second-order valence-electron chi connectivity index (χ2n) is 6.08. The van der Waals surface area contributed by atoms with Gasteiger partial charge in [-0.3, -0.25) is 4.79 Å². The van der Waals surface area contributed by atoms with Crippen LogP contribution in [0, 0.1) is 17.5 Å². The van der Waals surface area contributed by atoms with E-state index in [9.17, 15) is 18.0 Å². The lowest BCUT2D eigenvalue weighted by atomic mass is 10.1. The van der Waals surface area contributed by atoms with Crippen molar-refractivity contribution in [2.45, 2.75) is 19.8 Å². The first-order valence-corrected chi connectivity index (χ1v) is 7.89. The Kier molecular flexibility index (Phi) is 4.65. The Balaban J connectivity index is 1.67. The van der Waals surface area contributed by atoms with Gasteiger partial charge in [0, 0.05) is 32.1 Å². The Morgan fingerprint density at radius 3 is 2.36 bits per heavy atom. The van der Waals surface area contributed by atoms with E-state index in [0.29, 0.717) is 25.0 Å². The lowest BCUT2D eigenvalue weighted by molar-refractivity contribution is 0.0738. The van der Waals surface area contributed by atoms with Gasteiger partial charge in [-0.15, -0.1) is 5.10 Å². The number of carbonyl (C=O) groups is 1. The van der Waals surface area contributed by atoms with Gasteiger partial charge in [0.1, 0.15) is 0 Å². The van der Waals surface area contributed by atoms with Crippen LogP contribution < -0.4 is 4.90 Å². The number of piperazine rings is 1. The monoisotopic (exact) mass is 354 g/mol. The fraction of sp³-hybridized carbons (Fsp3) is 0.438. The van der Waals surface area contributed by atoms with Crippen molar-refractivity contribution in [2.75, 3.05) is 31.1 Å². The summed E-state index contributed by atoms with van der Waals surface area (Å²) in [6.45, 7) is 5.25. The molecule has 0 saturated carbocycles. The van der Waals surface area contributed by atoms with Gasteiger partial charge in [0.05, 0.1) is 5.56 Å². The van der Waals surface area contributed by atoms with Crippen LogP contribution in [-0.2, 0) is 0 Å². The Bertz CT molecular complexity index is 786. The molecule has 25 heavy (non-hydrogen) atoms. The zero-order chi connectivity index (χ0) is 18.1. The third-order valence-corrected chi connectivity index (χ3v) is 4.03. The van der Waals surface area contributed by atoms with Crippen molar-refractivity contribution in [1.29, 1.82) is 0 Å². The Morgan fingerprint density at radius 2 is 1.76 bits per heavy atom. The highest BCUT2D eigenvalue weighted by molar-refractivity contribution is 5.94. The number of aromatic nitrogens is 2. The lowest BCUT2D eigenvalue weighted by Crippen LogP contribution is -2.49. The summed E-state index contributed by atoms with van der Waals surface area (Å²) < 4.78 is 45.6. The molecule has 1 fully saturated rings. The first kappa shape index (κ1) is 17.2. The number of carbonyl (C=O) groups excluding carboxylic acids is 1. The standard InChI is InChI=1S/C16H17F3N4O2/c1-9(2)14-20-21-16(25-14)23-7-5-22(6-8-23)15(24)10-3-4-11(17)13(19)12(10)18/h3-4,9H,5-8H2,1-2H3. The summed E-state index contributed by atoms with van der Waals surface area (Å²) in [6, 6.07) is 2.07. The van der Waals surface area contributed by atoms with E-state index in [-0.39, 0.29) is 19.0 Å². The Morgan fingerprint density at radius 1 is 1.08 bits per heavy atom. The summed E-state index contributed by atoms with van der Waals surface area (Å²) in [5.74, 6) is -4.47. The van der Waals surface area contributed by atoms with E-state index in [4.69, 9.17) is 4.42 Å². The highest BCUT2D eigenvalue weighted by Crippen LogP contribution is 2.21. The third-order valence-electron chi connectivity index (χ3n) is 4.03. The average Bonchev–Trinajstić information content (AvgIpc) is 3.10. The summed E-state index contributed by atoms with van der Waals surface area (Å²) in [6.07, 6.45) is 0. The lowest BCUT2D eigenvalue weighted by Gasteiger charge is -2.33. The van der Waals surface area contributed by atoms with Crippen molar-refractivity contribution in [3.05, 3.63) is 41.0 Å². The molecule has 9 heteroatoms. The largest absolute Gasteiger partial charge is 0.408 e. The van der Waals surface area contributed by atoms with Gasteiger partial charge in [-0.25, -0.2) is 13.2 Å². The van der Waals surface area contributed by atoms with Gasteiger partial charge < -0.3 is 14.2 Å². The quantitative estimate of drug-likeness (QED) is 0.793. The molecule has 2 heterocycles. The van der Waals surface area contributed by atoms with Crippen LogP contribution in [0.1, 0.15) is 36.0 Å². The van der Waals surface area contributed by atoms with Crippen molar-refractivity contribution >= 4 is 11.9 Å². The van der Waals surface area contributed by atoms with Crippen LogP contribution in [0.15, 0.2) is 16.5 Å². The van der Waals surface area contributed by atoms with Gasteiger partial charge in [-0.2, -0.15) is 0 Å². The molecule has 134 valence electrons. The fourth-order valence-corrected chi connectivity index (χ4v) is 2.55. The van der Waals surface area contributed by atoms with E-state index in [2.05, 4.69) is 10.2 Å². The van der Waals surface area contributed by atoms with Gasteiger partial charge in [0.2, 0.25) is 5.89 Å². The Hall–Kier alpha value is -2.58. The van der Waals surface area contributed by atoms with Crippen LogP contribution >= 0.6 is 0 Å². The number of halogens is 3. The van der Waals surface area contributed by atoms with Gasteiger partial charge in [-0.05, 0) is 12.1 Å². The second kappa shape index (κ2) is 6.73. The molecule has 1 aromatic carbocycles. The van der Waals surface area contributed by atoms with E-state index in [0.717, 1.165) is 12.1 Å². The molecule has 0 bridgehead atoms. The molecule has 1 aliphatic rings. The molecular formula is C16H17F3N4O2. The smallest absolute Gasteiger partial charge is 0.318 e. The molecule has 6 nitrogen and oxygen atoms in total. The Labute approximate surface area is 142 Å². The van der Waals surface area contributed by atoms with E-state index in [1.807, 2.05) is 18.7 Å². The molecule has 1 saturated heterocycles. The molecule has 1 aromatic heterocycles. The number of anilines is 1. The normalized spacial score (nSPS) is 15.1. The summed E-state index contributed by atoms with van der Waals surface area (Å²) >= 11 is 0. The molecule has 0 unspecified atom stereocenters. The fourth-order valence-electron chi connectivity index (χ4n) is 2.55. The van der Waals surface area contributed by atoms with Gasteiger partial charge in [-0.1, -0.05) is 18.9 Å². The molecule has 2 aromatic rings. The van der Waals surface area contributed by atoms with Crippen LogP contribution in [0.2, 0.25) is 0 Å². The van der Waals surface area contributed by atoms with Crippen LogP contribution in [0.3, 0.4) is 0 Å². The summed E-state index contributed by atoms with van der Waals surface area (Å²) in [4.78, 5) is 15.6. The highest BCUT2D eigenvalue weighted by Gasteiger charge is 2.28. The second-order valence-corrected chi connectivity index (χ2v) is 6.08. The first-order valence-electron chi connectivity index (χ1n) is 7.89. The van der Waals surface area contributed by atoms with E-state index in [1.54, 1.807) is 0 Å². The highest BCUT2D eigenvalue weighted by atomic mass is 19.2. The number of hydrogen-bond donors (Lipinski definition) is 0. The number of benzene rings is 1. The number of rotatable bonds is 3. The average molecular weight is 354 g/mol. The predicted molar refractivity (Wildman–Crippen MR) is 82.8 cm³/mol. The first-order chi connectivity index (χ1) is 11.9. The zero-order valence-electron chi connectivity index (χ0n) is 13.8. The summed E-state index contributed by atoms with van der Waals surface area (Å²) in [5, 5.41) is 7.94. The van der Waals surface area contributed by atoms with E-state index >= 15 is 0 Å². The van der Waals surface area contributed by atoms with Crippen LogP contribution in [-0.4, -0.2) is 47.2 Å². The summed E-state index contributed by atoms with van der Waals surface area (Å²) in [5.41, 5.74) is -0.479. The van der Waals surface area contributed by atoms with Crippen LogP contribution in [0.4, 0.5) is 19.2 Å². The zero-order valence-corrected chi connectivity index (χ0v) is 13.8. The van der Waals surface area contributed by atoms with Crippen molar-refractivity contribution in [3.8, 4) is 0 Å². The van der Waals surface area contributed by atoms with E-state index < -0.39 is 28.9 Å². The van der Waals surface area contributed by atoms with Gasteiger partial charge in [0.25, 0.3) is 5.91 Å². The minimum atomic E-state index is -1.64. The number of nitrogens with zero attached hydrogens (tertiary/aromatic N) is 4. The molecule has 0 N–H and O–H groups in total. The van der Waals surface area contributed by atoms with E-state index in [1.165, 1.54) is 4.90 Å². The molecular weight excluding hydrogens is 337 g/mol. The third kappa shape index (κ3) is 3.31. The SMILES string of the molecule is CC(C)c1nnc(N2CCN(C(=O)c3ccc(F)c(F)c3F)CC2)o1. The van der Waals surface area contributed by atoms with Crippen molar-refractivity contribution in [2.24, 2.45) is 0 Å². The van der Waals surface area contributed by atoms with Crippen molar-refractivity contribution in [3.63, 3.8) is 0 Å². The van der Waals surface area contributed by atoms with Crippen LogP contribution in [0.25, 0.3) is 0 Å². The summed E-state index contributed by atoms with van der Waals surface area (Å²) in [7, 11) is 0. The molecule has 0 spiro atoms. The predicted octanol–water partition coefficient (Wildman–Crippen LogP) is 2.57. The van der Waals surface area contributed by atoms with Gasteiger partial charge >= 0.3 is 6.01 Å². The maximum Gasteiger partial charge on any atom is 0.318 e. The topological polar surface area (TPSA) is 62.5 Å². The molecule has 0 radical (unpaired) electrons. The maximum atomic E-state index is 13.8. The number of amides is 1. The number of hydrogen-bond acceptors (Lipinski definition) is 5. The van der Waals surface area contributed by atoms with Crippen LogP contribution in [0.5, 0.6) is 0 Å². The van der Waals surface area contributed by atoms with Crippen molar-refractivity contribution < 1.29 is 22.4 Å². The molecule has 1 amide bonds. The minimum absolute atomic E-state index is 0.112.